The molecule has 0 saturated heterocycles. The van der Waals surface area contributed by atoms with Crippen LogP contribution in [0.25, 0.3) is 10.2 Å². The standard InChI is InChI=1S/C14H12N4O2S/c15-12-11-8-3-4-18(14(19)9-2-1-5-20-9)6-10(8)21-13(11)17-7-16-12/h1-2,5,7H,3-4,6H2,(H2,15,16,17). The van der Waals surface area contributed by atoms with E-state index in [1.165, 1.54) is 18.2 Å². The van der Waals surface area contributed by atoms with E-state index in [4.69, 9.17) is 10.2 Å². The van der Waals surface area contributed by atoms with Crippen LogP contribution in [-0.4, -0.2) is 27.3 Å². The van der Waals surface area contributed by atoms with E-state index in [1.54, 1.807) is 28.4 Å². The third kappa shape index (κ3) is 1.89. The molecule has 0 radical (unpaired) electrons. The zero-order valence-electron chi connectivity index (χ0n) is 11.1. The summed E-state index contributed by atoms with van der Waals surface area (Å²) >= 11 is 1.58. The van der Waals surface area contributed by atoms with Gasteiger partial charge in [-0.15, -0.1) is 11.3 Å². The second kappa shape index (κ2) is 4.56. The molecule has 0 atom stereocenters. The van der Waals surface area contributed by atoms with Crippen molar-refractivity contribution in [3.8, 4) is 0 Å². The van der Waals surface area contributed by atoms with E-state index in [9.17, 15) is 4.79 Å². The van der Waals surface area contributed by atoms with Gasteiger partial charge in [0, 0.05) is 11.4 Å². The van der Waals surface area contributed by atoms with Crippen molar-refractivity contribution in [2.24, 2.45) is 0 Å². The van der Waals surface area contributed by atoms with E-state index in [1.807, 2.05) is 0 Å². The third-order valence-corrected chi connectivity index (χ3v) is 4.81. The summed E-state index contributed by atoms with van der Waals surface area (Å²) in [5.74, 6) is 0.810. The number of nitrogens with zero attached hydrogens (tertiary/aromatic N) is 3. The van der Waals surface area contributed by atoms with Gasteiger partial charge in [-0.25, -0.2) is 9.97 Å². The molecule has 1 aliphatic rings. The molecule has 3 aromatic heterocycles. The number of hydrogen-bond donors (Lipinski definition) is 1. The highest BCUT2D eigenvalue weighted by Gasteiger charge is 2.27. The first kappa shape index (κ1) is 12.3. The Hall–Kier alpha value is -2.41. The molecular weight excluding hydrogens is 288 g/mol. The van der Waals surface area contributed by atoms with Crippen molar-refractivity contribution in [1.29, 1.82) is 0 Å². The summed E-state index contributed by atoms with van der Waals surface area (Å²) in [5, 5.41) is 0.947. The molecule has 4 heterocycles. The molecule has 0 bridgehead atoms. The predicted molar refractivity (Wildman–Crippen MR) is 79.0 cm³/mol. The van der Waals surface area contributed by atoms with Crippen molar-refractivity contribution in [1.82, 2.24) is 14.9 Å². The first-order chi connectivity index (χ1) is 10.2. The molecule has 1 aliphatic heterocycles. The number of nitrogens with two attached hydrogens (primary N) is 1. The monoisotopic (exact) mass is 300 g/mol. The van der Waals surface area contributed by atoms with Gasteiger partial charge in [0.05, 0.1) is 18.2 Å². The highest BCUT2D eigenvalue weighted by Crippen LogP contribution is 2.36. The predicted octanol–water partition coefficient (Wildman–Crippen LogP) is 2.06. The fourth-order valence-corrected chi connectivity index (χ4v) is 3.89. The summed E-state index contributed by atoms with van der Waals surface area (Å²) in [4.78, 5) is 24.5. The highest BCUT2D eigenvalue weighted by molar-refractivity contribution is 7.19. The summed E-state index contributed by atoms with van der Waals surface area (Å²) in [7, 11) is 0. The molecule has 1 amide bonds. The summed E-state index contributed by atoms with van der Waals surface area (Å²) < 4.78 is 5.18. The van der Waals surface area contributed by atoms with Crippen LogP contribution >= 0.6 is 11.3 Å². The summed E-state index contributed by atoms with van der Waals surface area (Å²) in [6.07, 6.45) is 3.75. The lowest BCUT2D eigenvalue weighted by atomic mass is 10.0. The number of anilines is 1. The van der Waals surface area contributed by atoms with Crippen LogP contribution in [0.1, 0.15) is 21.0 Å². The number of carbonyl (C=O) groups excluding carboxylic acids is 1. The van der Waals surface area contributed by atoms with Crippen molar-refractivity contribution in [3.63, 3.8) is 0 Å². The van der Waals surface area contributed by atoms with E-state index in [2.05, 4.69) is 9.97 Å². The molecule has 0 saturated carbocycles. The third-order valence-electron chi connectivity index (χ3n) is 3.69. The van der Waals surface area contributed by atoms with Crippen molar-refractivity contribution in [2.45, 2.75) is 13.0 Å². The van der Waals surface area contributed by atoms with Gasteiger partial charge < -0.3 is 15.1 Å². The van der Waals surface area contributed by atoms with Gasteiger partial charge in [-0.2, -0.15) is 0 Å². The lowest BCUT2D eigenvalue weighted by molar-refractivity contribution is 0.0705. The zero-order chi connectivity index (χ0) is 14.4. The zero-order valence-corrected chi connectivity index (χ0v) is 11.9. The highest BCUT2D eigenvalue weighted by atomic mass is 32.1. The number of amides is 1. The molecule has 3 aromatic rings. The van der Waals surface area contributed by atoms with Gasteiger partial charge in [-0.1, -0.05) is 0 Å². The van der Waals surface area contributed by atoms with E-state index in [-0.39, 0.29) is 5.91 Å². The molecule has 2 N–H and O–H groups in total. The first-order valence-electron chi connectivity index (χ1n) is 6.57. The molecule has 0 aliphatic carbocycles. The average molecular weight is 300 g/mol. The Bertz CT molecular complexity index is 825. The van der Waals surface area contributed by atoms with E-state index >= 15 is 0 Å². The van der Waals surface area contributed by atoms with Gasteiger partial charge in [-0.3, -0.25) is 4.79 Å². The Morgan fingerprint density at radius 1 is 1.43 bits per heavy atom. The van der Waals surface area contributed by atoms with Crippen LogP contribution in [0.5, 0.6) is 0 Å². The Morgan fingerprint density at radius 2 is 2.33 bits per heavy atom. The van der Waals surface area contributed by atoms with Crippen LogP contribution in [0.3, 0.4) is 0 Å². The van der Waals surface area contributed by atoms with Crippen LogP contribution in [0, 0.1) is 0 Å². The van der Waals surface area contributed by atoms with Gasteiger partial charge in [0.25, 0.3) is 5.91 Å². The number of aromatic nitrogens is 2. The van der Waals surface area contributed by atoms with Crippen molar-refractivity contribution in [2.75, 3.05) is 12.3 Å². The Kier molecular flexibility index (Phi) is 2.68. The average Bonchev–Trinajstić information content (AvgIpc) is 3.13. The van der Waals surface area contributed by atoms with Crippen LogP contribution in [0.4, 0.5) is 5.82 Å². The number of nitrogen functional groups attached to an aromatic ring is 1. The number of rotatable bonds is 1. The number of fused-ring (bicyclic) bond motifs is 3. The molecule has 0 spiro atoms. The van der Waals surface area contributed by atoms with Crippen molar-refractivity contribution < 1.29 is 9.21 Å². The molecule has 4 rings (SSSR count). The normalized spacial score (nSPS) is 14.4. The summed E-state index contributed by atoms with van der Waals surface area (Å²) in [6.45, 7) is 1.21. The molecule has 7 heteroatoms. The molecule has 21 heavy (non-hydrogen) atoms. The fourth-order valence-electron chi connectivity index (χ4n) is 2.68. The van der Waals surface area contributed by atoms with Crippen molar-refractivity contribution >= 4 is 33.3 Å². The first-order valence-corrected chi connectivity index (χ1v) is 7.39. The lowest BCUT2D eigenvalue weighted by Crippen LogP contribution is -2.35. The van der Waals surface area contributed by atoms with Gasteiger partial charge in [-0.05, 0) is 24.1 Å². The van der Waals surface area contributed by atoms with Gasteiger partial charge in [0.2, 0.25) is 0 Å². The van der Waals surface area contributed by atoms with E-state index < -0.39 is 0 Å². The Balaban J connectivity index is 1.71. The number of thiophene rings is 1. The summed E-state index contributed by atoms with van der Waals surface area (Å²) in [6, 6.07) is 3.41. The van der Waals surface area contributed by atoms with Gasteiger partial charge >= 0.3 is 0 Å². The molecule has 106 valence electrons. The molecule has 6 nitrogen and oxygen atoms in total. The van der Waals surface area contributed by atoms with Gasteiger partial charge in [0.1, 0.15) is 17.0 Å². The maximum absolute atomic E-state index is 12.3. The maximum Gasteiger partial charge on any atom is 0.289 e. The summed E-state index contributed by atoms with van der Waals surface area (Å²) in [5.41, 5.74) is 7.13. The molecule has 0 unspecified atom stereocenters. The largest absolute Gasteiger partial charge is 0.459 e. The minimum absolute atomic E-state index is 0.0813. The smallest absolute Gasteiger partial charge is 0.289 e. The second-order valence-corrected chi connectivity index (χ2v) is 5.98. The van der Waals surface area contributed by atoms with Gasteiger partial charge in [0.15, 0.2) is 5.76 Å². The minimum Gasteiger partial charge on any atom is -0.459 e. The Labute approximate surface area is 124 Å². The number of furan rings is 1. The quantitative estimate of drug-likeness (QED) is 0.743. The minimum atomic E-state index is -0.0813. The topological polar surface area (TPSA) is 85.2 Å². The Morgan fingerprint density at radius 3 is 3.14 bits per heavy atom. The van der Waals surface area contributed by atoms with E-state index in [0.29, 0.717) is 24.7 Å². The SMILES string of the molecule is Nc1ncnc2sc3c(c12)CCN(C(=O)c1ccco1)C3. The fraction of sp³-hybridized carbons (Fsp3) is 0.214. The van der Waals surface area contributed by atoms with Crippen LogP contribution in [-0.2, 0) is 13.0 Å². The van der Waals surface area contributed by atoms with Crippen LogP contribution < -0.4 is 5.73 Å². The molecule has 0 aromatic carbocycles. The molecular formula is C14H12N4O2S. The van der Waals surface area contributed by atoms with E-state index in [0.717, 1.165) is 21.5 Å². The number of hydrogen-bond acceptors (Lipinski definition) is 6. The molecule has 0 fully saturated rings. The van der Waals surface area contributed by atoms with Crippen LogP contribution in [0.2, 0.25) is 0 Å². The van der Waals surface area contributed by atoms with Crippen molar-refractivity contribution in [3.05, 3.63) is 40.9 Å². The lowest BCUT2D eigenvalue weighted by Gasteiger charge is -2.26. The number of carbonyl (C=O) groups is 1. The second-order valence-electron chi connectivity index (χ2n) is 4.90. The van der Waals surface area contributed by atoms with Crippen LogP contribution in [0.15, 0.2) is 29.1 Å². The maximum atomic E-state index is 12.3.